The van der Waals surface area contributed by atoms with Crippen LogP contribution >= 0.6 is 11.3 Å². The van der Waals surface area contributed by atoms with E-state index in [0.29, 0.717) is 33.3 Å². The first-order valence-electron chi connectivity index (χ1n) is 10.9. The molecule has 1 fully saturated rings. The molecule has 5 rings (SSSR count). The molecule has 4 aromatic rings. The highest BCUT2D eigenvalue weighted by Crippen LogP contribution is 2.47. The summed E-state index contributed by atoms with van der Waals surface area (Å²) in [5.74, 6) is -0.834. The van der Waals surface area contributed by atoms with Crippen LogP contribution in [0.25, 0.3) is 16.0 Å². The van der Waals surface area contributed by atoms with Gasteiger partial charge in [0.15, 0.2) is 5.13 Å². The topological polar surface area (TPSA) is 89.0 Å². The first-order valence-corrected chi connectivity index (χ1v) is 11.7. The van der Waals surface area contributed by atoms with Crippen LogP contribution in [0.3, 0.4) is 0 Å². The Bertz CT molecular complexity index is 1460. The Labute approximate surface area is 205 Å². The van der Waals surface area contributed by atoms with E-state index in [1.807, 2.05) is 43.3 Å². The summed E-state index contributed by atoms with van der Waals surface area (Å²) < 4.78 is 11.8. The van der Waals surface area contributed by atoms with Crippen molar-refractivity contribution in [2.75, 3.05) is 19.1 Å². The average molecular weight is 487 g/mol. The van der Waals surface area contributed by atoms with Crippen LogP contribution in [0.2, 0.25) is 0 Å². The first kappa shape index (κ1) is 22.6. The molecular formula is C27H22N2O5S. The second-order valence-corrected chi connectivity index (χ2v) is 9.12. The van der Waals surface area contributed by atoms with Gasteiger partial charge in [0.25, 0.3) is 5.78 Å². The number of ketones is 1. The second kappa shape index (κ2) is 8.88. The van der Waals surface area contributed by atoms with Gasteiger partial charge in [0, 0.05) is 17.2 Å². The number of ether oxygens (including phenoxy) is 2. The molecule has 1 aliphatic rings. The number of aryl methyl sites for hydroxylation is 1. The number of para-hydroxylation sites is 1. The molecular weight excluding hydrogens is 464 g/mol. The van der Waals surface area contributed by atoms with Crippen molar-refractivity contribution in [3.05, 3.63) is 89.0 Å². The van der Waals surface area contributed by atoms with Gasteiger partial charge in [-0.05, 0) is 31.2 Å². The number of thiazole rings is 1. The molecule has 8 heteroatoms. The number of aliphatic hydroxyl groups is 1. The zero-order chi connectivity index (χ0) is 24.7. The maximum Gasteiger partial charge on any atom is 0.301 e. The summed E-state index contributed by atoms with van der Waals surface area (Å²) in [4.78, 5) is 32.8. The lowest BCUT2D eigenvalue weighted by Gasteiger charge is -2.24. The van der Waals surface area contributed by atoms with Crippen molar-refractivity contribution in [3.8, 4) is 11.5 Å². The van der Waals surface area contributed by atoms with Crippen LogP contribution in [-0.4, -0.2) is 36.0 Å². The zero-order valence-corrected chi connectivity index (χ0v) is 20.1. The van der Waals surface area contributed by atoms with Crippen molar-refractivity contribution >= 4 is 44.1 Å². The molecule has 1 atom stereocenters. The van der Waals surface area contributed by atoms with Gasteiger partial charge >= 0.3 is 5.91 Å². The average Bonchev–Trinajstić information content (AvgIpc) is 3.42. The van der Waals surface area contributed by atoms with E-state index in [0.717, 1.165) is 10.3 Å². The molecule has 1 aliphatic heterocycles. The molecule has 35 heavy (non-hydrogen) atoms. The molecule has 0 unspecified atom stereocenters. The van der Waals surface area contributed by atoms with Crippen LogP contribution in [0.5, 0.6) is 11.5 Å². The molecule has 0 bridgehead atoms. The predicted octanol–water partition coefficient (Wildman–Crippen LogP) is 5.25. The molecule has 2 heterocycles. The maximum absolute atomic E-state index is 13.4. The van der Waals surface area contributed by atoms with Gasteiger partial charge in [-0.1, -0.05) is 53.3 Å². The molecule has 0 radical (unpaired) electrons. The smallest absolute Gasteiger partial charge is 0.301 e. The summed E-state index contributed by atoms with van der Waals surface area (Å²) in [6.45, 7) is 1.93. The summed E-state index contributed by atoms with van der Waals surface area (Å²) >= 11 is 1.30. The normalized spacial score (nSPS) is 17.2. The number of amides is 1. The summed E-state index contributed by atoms with van der Waals surface area (Å²) in [6, 6.07) is 18.8. The van der Waals surface area contributed by atoms with Gasteiger partial charge in [0.1, 0.15) is 23.3 Å². The zero-order valence-electron chi connectivity index (χ0n) is 19.3. The molecule has 1 N–H and O–H groups in total. The fraction of sp³-hybridized carbons (Fsp3) is 0.148. The molecule has 7 nitrogen and oxygen atoms in total. The number of fused-ring (bicyclic) bond motifs is 1. The maximum atomic E-state index is 13.4. The lowest BCUT2D eigenvalue weighted by Crippen LogP contribution is -2.29. The van der Waals surface area contributed by atoms with E-state index in [9.17, 15) is 14.7 Å². The third-order valence-corrected chi connectivity index (χ3v) is 7.03. The number of methoxy groups -OCH3 is 2. The minimum atomic E-state index is -0.947. The second-order valence-electron chi connectivity index (χ2n) is 8.11. The quantitative estimate of drug-likeness (QED) is 0.236. The SMILES string of the molecule is COc1ccc([C@H]2/C(=C(\O)c3ccc(C)cc3)C(=O)C(=O)N2c2nc3ccccc3s2)c(OC)c1. The molecule has 1 saturated heterocycles. The minimum Gasteiger partial charge on any atom is -0.507 e. The first-order chi connectivity index (χ1) is 16.9. The summed E-state index contributed by atoms with van der Waals surface area (Å²) in [5.41, 5.74) is 2.66. The Hall–Kier alpha value is -4.17. The van der Waals surface area contributed by atoms with E-state index in [2.05, 4.69) is 4.98 Å². The highest BCUT2D eigenvalue weighted by Gasteiger charge is 2.49. The summed E-state index contributed by atoms with van der Waals surface area (Å²) in [5, 5.41) is 11.7. The highest BCUT2D eigenvalue weighted by atomic mass is 32.1. The summed E-state index contributed by atoms with van der Waals surface area (Å²) in [7, 11) is 3.04. The summed E-state index contributed by atoms with van der Waals surface area (Å²) in [6.07, 6.45) is 0. The lowest BCUT2D eigenvalue weighted by molar-refractivity contribution is -0.132. The Morgan fingerprint density at radius 2 is 1.74 bits per heavy atom. The lowest BCUT2D eigenvalue weighted by atomic mass is 9.94. The van der Waals surface area contributed by atoms with E-state index < -0.39 is 17.7 Å². The molecule has 3 aromatic carbocycles. The Kier molecular flexibility index (Phi) is 5.74. The molecule has 1 aromatic heterocycles. The Morgan fingerprint density at radius 3 is 2.43 bits per heavy atom. The Morgan fingerprint density at radius 1 is 1.00 bits per heavy atom. The standard InChI is InChI=1S/C27H22N2O5S/c1-15-8-10-16(11-9-15)24(30)22-23(18-13-12-17(33-2)14-20(18)34-3)29(26(32)25(22)31)27-28-19-6-4-5-7-21(19)35-27/h4-14,23,30H,1-3H3/b24-22+/t23-/m0/s1. The number of aromatic nitrogens is 1. The third-order valence-electron chi connectivity index (χ3n) is 5.99. The van der Waals surface area contributed by atoms with Crippen molar-refractivity contribution in [2.45, 2.75) is 13.0 Å². The van der Waals surface area contributed by atoms with Gasteiger partial charge in [-0.2, -0.15) is 0 Å². The van der Waals surface area contributed by atoms with Gasteiger partial charge in [-0.25, -0.2) is 4.98 Å². The van der Waals surface area contributed by atoms with Crippen LogP contribution < -0.4 is 14.4 Å². The van der Waals surface area contributed by atoms with Crippen molar-refractivity contribution < 1.29 is 24.2 Å². The molecule has 0 saturated carbocycles. The van der Waals surface area contributed by atoms with Crippen molar-refractivity contribution in [1.29, 1.82) is 0 Å². The van der Waals surface area contributed by atoms with E-state index >= 15 is 0 Å². The number of carbonyl (C=O) groups excluding carboxylic acids is 2. The molecule has 0 spiro atoms. The number of benzene rings is 3. The van der Waals surface area contributed by atoms with Crippen LogP contribution in [-0.2, 0) is 9.59 Å². The molecule has 176 valence electrons. The van der Waals surface area contributed by atoms with E-state index in [1.165, 1.54) is 23.3 Å². The van der Waals surface area contributed by atoms with Crippen molar-refractivity contribution in [1.82, 2.24) is 4.98 Å². The fourth-order valence-corrected chi connectivity index (χ4v) is 5.19. The van der Waals surface area contributed by atoms with Crippen LogP contribution in [0.15, 0.2) is 72.3 Å². The van der Waals surface area contributed by atoms with Gasteiger partial charge in [0.05, 0.1) is 30.0 Å². The minimum absolute atomic E-state index is 0.0263. The van der Waals surface area contributed by atoms with Gasteiger partial charge in [-0.3, -0.25) is 14.5 Å². The fourth-order valence-electron chi connectivity index (χ4n) is 4.20. The highest BCUT2D eigenvalue weighted by molar-refractivity contribution is 7.22. The van der Waals surface area contributed by atoms with Gasteiger partial charge < -0.3 is 14.6 Å². The van der Waals surface area contributed by atoms with Crippen molar-refractivity contribution in [3.63, 3.8) is 0 Å². The number of nitrogens with zero attached hydrogens (tertiary/aromatic N) is 2. The number of carbonyl (C=O) groups is 2. The number of anilines is 1. The number of Topliss-reactive ketones (excluding diaryl/α,β-unsaturated/α-hetero) is 1. The number of aliphatic hydroxyl groups excluding tert-OH is 1. The largest absolute Gasteiger partial charge is 0.507 e. The van der Waals surface area contributed by atoms with Crippen LogP contribution in [0.4, 0.5) is 5.13 Å². The number of hydrogen-bond acceptors (Lipinski definition) is 7. The van der Waals surface area contributed by atoms with E-state index in [1.54, 1.807) is 37.4 Å². The van der Waals surface area contributed by atoms with Gasteiger partial charge in [0.2, 0.25) is 0 Å². The van der Waals surface area contributed by atoms with Crippen molar-refractivity contribution in [2.24, 2.45) is 0 Å². The van der Waals surface area contributed by atoms with Crippen LogP contribution in [0, 0.1) is 6.92 Å². The number of rotatable bonds is 5. The molecule has 1 amide bonds. The molecule has 0 aliphatic carbocycles. The predicted molar refractivity (Wildman–Crippen MR) is 135 cm³/mol. The monoisotopic (exact) mass is 486 g/mol. The van der Waals surface area contributed by atoms with E-state index in [4.69, 9.17) is 9.47 Å². The third kappa shape index (κ3) is 3.81. The Balaban J connectivity index is 1.77. The van der Waals surface area contributed by atoms with Crippen LogP contribution in [0.1, 0.15) is 22.7 Å². The van der Waals surface area contributed by atoms with E-state index in [-0.39, 0.29) is 11.3 Å². The number of hydrogen-bond donors (Lipinski definition) is 1. The van der Waals surface area contributed by atoms with Gasteiger partial charge in [-0.15, -0.1) is 0 Å².